The van der Waals surface area contributed by atoms with Crippen LogP contribution in [-0.4, -0.2) is 35.2 Å². The molecule has 3 unspecified atom stereocenters. The molecule has 1 aliphatic heterocycles. The fourth-order valence-electron chi connectivity index (χ4n) is 3.74. The normalized spacial score (nSPS) is 30.6. The van der Waals surface area contributed by atoms with E-state index in [2.05, 4.69) is 10.6 Å². The van der Waals surface area contributed by atoms with E-state index in [0.29, 0.717) is 6.04 Å². The lowest BCUT2D eigenvalue weighted by Crippen LogP contribution is -2.60. The zero-order valence-corrected chi connectivity index (χ0v) is 13.0. The van der Waals surface area contributed by atoms with Gasteiger partial charge in [0.25, 0.3) is 0 Å². The zero-order chi connectivity index (χ0) is 14.6. The molecule has 1 heterocycles. The highest BCUT2D eigenvalue weighted by molar-refractivity contribution is 5.82. The molecule has 2 rings (SSSR count). The van der Waals surface area contributed by atoms with Crippen LogP contribution in [0.2, 0.25) is 0 Å². The van der Waals surface area contributed by atoms with E-state index in [1.807, 2.05) is 13.8 Å². The van der Waals surface area contributed by atoms with Crippen molar-refractivity contribution in [2.75, 3.05) is 6.61 Å². The van der Waals surface area contributed by atoms with E-state index in [4.69, 9.17) is 0 Å². The number of rotatable bonds is 5. The minimum absolute atomic E-state index is 0.0184. The Kier molecular flexibility index (Phi) is 5.44. The van der Waals surface area contributed by atoms with Gasteiger partial charge in [0, 0.05) is 6.04 Å². The van der Waals surface area contributed by atoms with Gasteiger partial charge in [0.2, 0.25) is 5.91 Å². The van der Waals surface area contributed by atoms with E-state index in [0.717, 1.165) is 25.2 Å². The van der Waals surface area contributed by atoms with Crippen LogP contribution in [-0.2, 0) is 4.79 Å². The summed E-state index contributed by atoms with van der Waals surface area (Å²) in [6.45, 7) is 4.06. The smallest absolute Gasteiger partial charge is 0.237 e. The Balaban J connectivity index is 1.92. The lowest BCUT2D eigenvalue weighted by molar-refractivity contribution is -0.127. The van der Waals surface area contributed by atoms with Crippen LogP contribution < -0.4 is 10.6 Å². The second-order valence-electron chi connectivity index (χ2n) is 6.58. The second-order valence-corrected chi connectivity index (χ2v) is 6.58. The molecule has 2 fully saturated rings. The van der Waals surface area contributed by atoms with Crippen molar-refractivity contribution in [1.82, 2.24) is 10.6 Å². The third kappa shape index (κ3) is 3.34. The summed E-state index contributed by atoms with van der Waals surface area (Å²) in [7, 11) is 0. The van der Waals surface area contributed by atoms with Gasteiger partial charge in [0.05, 0.1) is 18.2 Å². The predicted molar refractivity (Wildman–Crippen MR) is 80.4 cm³/mol. The van der Waals surface area contributed by atoms with Crippen molar-refractivity contribution in [2.45, 2.75) is 82.8 Å². The van der Waals surface area contributed by atoms with Crippen LogP contribution in [0.15, 0.2) is 0 Å². The van der Waals surface area contributed by atoms with E-state index < -0.39 is 5.54 Å². The molecule has 3 N–H and O–H groups in total. The van der Waals surface area contributed by atoms with Crippen LogP contribution in [0.5, 0.6) is 0 Å². The molecule has 3 atom stereocenters. The van der Waals surface area contributed by atoms with Gasteiger partial charge in [-0.3, -0.25) is 4.79 Å². The Bertz CT molecular complexity index is 320. The van der Waals surface area contributed by atoms with E-state index in [-0.39, 0.29) is 18.6 Å². The van der Waals surface area contributed by atoms with Crippen molar-refractivity contribution in [3.63, 3.8) is 0 Å². The summed E-state index contributed by atoms with van der Waals surface area (Å²) in [4.78, 5) is 12.5. The van der Waals surface area contributed by atoms with E-state index in [1.165, 1.54) is 32.1 Å². The first kappa shape index (κ1) is 15.8. The minimum atomic E-state index is -0.442. The Labute approximate surface area is 122 Å². The number of aliphatic hydroxyl groups excluding tert-OH is 1. The topological polar surface area (TPSA) is 61.4 Å². The fraction of sp³-hybridized carbons (Fsp3) is 0.938. The summed E-state index contributed by atoms with van der Waals surface area (Å²) < 4.78 is 0. The number of aliphatic hydroxyl groups is 1. The molecule has 116 valence electrons. The summed E-state index contributed by atoms with van der Waals surface area (Å²) in [5.41, 5.74) is -0.442. The largest absolute Gasteiger partial charge is 0.394 e. The number of piperidine rings is 1. The maximum atomic E-state index is 12.5. The summed E-state index contributed by atoms with van der Waals surface area (Å²) in [6.07, 6.45) is 8.79. The number of amides is 1. The quantitative estimate of drug-likeness (QED) is 0.722. The summed E-state index contributed by atoms with van der Waals surface area (Å²) >= 11 is 0. The van der Waals surface area contributed by atoms with Crippen molar-refractivity contribution in [3.8, 4) is 0 Å². The lowest BCUT2D eigenvalue weighted by atomic mass is 9.77. The fourth-order valence-corrected chi connectivity index (χ4v) is 3.74. The molecule has 0 aromatic heterocycles. The lowest BCUT2D eigenvalue weighted by Gasteiger charge is -2.41. The van der Waals surface area contributed by atoms with Gasteiger partial charge in [-0.2, -0.15) is 0 Å². The van der Waals surface area contributed by atoms with Crippen LogP contribution in [0.3, 0.4) is 0 Å². The molecule has 4 nitrogen and oxygen atoms in total. The highest BCUT2D eigenvalue weighted by atomic mass is 16.3. The predicted octanol–water partition coefficient (Wildman–Crippen LogP) is 1.96. The highest BCUT2D eigenvalue weighted by Crippen LogP contribution is 2.32. The van der Waals surface area contributed by atoms with Crippen molar-refractivity contribution < 1.29 is 9.90 Å². The molecule has 20 heavy (non-hydrogen) atoms. The van der Waals surface area contributed by atoms with Crippen molar-refractivity contribution in [1.29, 1.82) is 0 Å². The van der Waals surface area contributed by atoms with Crippen molar-refractivity contribution in [2.24, 2.45) is 5.92 Å². The number of hydrogen-bond donors (Lipinski definition) is 3. The summed E-state index contributed by atoms with van der Waals surface area (Å²) in [5.74, 6) is 0.847. The molecule has 2 aliphatic rings. The number of carbonyl (C=O) groups is 1. The third-order valence-electron chi connectivity index (χ3n) is 5.51. The SMILES string of the molecule is CCC(CC)(CO)NC(=O)C1CCC2CCCCC2N1. The van der Waals surface area contributed by atoms with Crippen molar-refractivity contribution in [3.05, 3.63) is 0 Å². The van der Waals surface area contributed by atoms with Gasteiger partial charge in [0.1, 0.15) is 0 Å². The van der Waals surface area contributed by atoms with Crippen LogP contribution in [0.4, 0.5) is 0 Å². The molecule has 0 aromatic carbocycles. The highest BCUT2D eigenvalue weighted by Gasteiger charge is 2.36. The molecule has 0 spiro atoms. The molecular formula is C16H30N2O2. The van der Waals surface area contributed by atoms with Gasteiger partial charge in [-0.05, 0) is 44.4 Å². The average molecular weight is 282 g/mol. The first-order chi connectivity index (χ1) is 9.64. The molecule has 0 bridgehead atoms. The Morgan fingerprint density at radius 3 is 2.55 bits per heavy atom. The van der Waals surface area contributed by atoms with E-state index in [9.17, 15) is 9.90 Å². The second kappa shape index (κ2) is 6.90. The van der Waals surface area contributed by atoms with E-state index >= 15 is 0 Å². The third-order valence-corrected chi connectivity index (χ3v) is 5.51. The molecule has 0 radical (unpaired) electrons. The maximum Gasteiger partial charge on any atom is 0.237 e. The molecule has 1 saturated carbocycles. The van der Waals surface area contributed by atoms with Gasteiger partial charge in [-0.25, -0.2) is 0 Å². The van der Waals surface area contributed by atoms with Gasteiger partial charge < -0.3 is 15.7 Å². The van der Waals surface area contributed by atoms with Gasteiger partial charge >= 0.3 is 0 Å². The maximum absolute atomic E-state index is 12.5. The number of hydrogen-bond acceptors (Lipinski definition) is 3. The van der Waals surface area contributed by atoms with Gasteiger partial charge in [-0.15, -0.1) is 0 Å². The standard InChI is InChI=1S/C16H30N2O2/c1-3-16(4-2,11-19)18-15(20)14-10-9-12-7-5-6-8-13(12)17-14/h12-14,17,19H,3-11H2,1-2H3,(H,18,20). The van der Waals surface area contributed by atoms with Crippen LogP contribution in [0.25, 0.3) is 0 Å². The molecule has 4 heteroatoms. The van der Waals surface area contributed by atoms with E-state index in [1.54, 1.807) is 0 Å². The molecule has 1 amide bonds. The monoisotopic (exact) mass is 282 g/mol. The van der Waals surface area contributed by atoms with Crippen LogP contribution >= 0.6 is 0 Å². The van der Waals surface area contributed by atoms with Crippen molar-refractivity contribution >= 4 is 5.91 Å². The molecule has 1 saturated heterocycles. The minimum Gasteiger partial charge on any atom is -0.394 e. The summed E-state index contributed by atoms with van der Waals surface area (Å²) in [6, 6.07) is 0.457. The van der Waals surface area contributed by atoms with Crippen LogP contribution in [0, 0.1) is 5.92 Å². The molecular weight excluding hydrogens is 252 g/mol. The number of fused-ring (bicyclic) bond motifs is 1. The number of nitrogens with one attached hydrogen (secondary N) is 2. The summed E-state index contributed by atoms with van der Waals surface area (Å²) in [5, 5.41) is 16.2. The Morgan fingerprint density at radius 2 is 1.90 bits per heavy atom. The van der Waals surface area contributed by atoms with Crippen LogP contribution in [0.1, 0.15) is 65.2 Å². The van der Waals surface area contributed by atoms with Gasteiger partial charge in [-0.1, -0.05) is 26.7 Å². The first-order valence-electron chi connectivity index (χ1n) is 8.33. The number of carbonyl (C=O) groups excluding carboxylic acids is 1. The average Bonchev–Trinajstić information content (AvgIpc) is 2.52. The molecule has 0 aromatic rings. The molecule has 1 aliphatic carbocycles. The van der Waals surface area contributed by atoms with Gasteiger partial charge in [0.15, 0.2) is 0 Å². The Hall–Kier alpha value is -0.610. The zero-order valence-electron chi connectivity index (χ0n) is 13.0. The Morgan fingerprint density at radius 1 is 1.20 bits per heavy atom. The first-order valence-corrected chi connectivity index (χ1v) is 8.33.